The van der Waals surface area contributed by atoms with Gasteiger partial charge in [0.25, 0.3) is 0 Å². The summed E-state index contributed by atoms with van der Waals surface area (Å²) in [6.07, 6.45) is 0. The third-order valence-electron chi connectivity index (χ3n) is 4.12. The van der Waals surface area contributed by atoms with Crippen LogP contribution in [0, 0.1) is 13.8 Å². The Labute approximate surface area is 142 Å². The van der Waals surface area contributed by atoms with E-state index in [4.69, 9.17) is 4.42 Å². The van der Waals surface area contributed by atoms with Gasteiger partial charge in [-0.15, -0.1) is 0 Å². The SMILES string of the molecule is Cc1cc(CNC(=O)C(c2ccccc2)c2ccccc2)c(C)o1. The molecule has 0 bridgehead atoms. The number of benzene rings is 2. The van der Waals surface area contributed by atoms with Crippen molar-refractivity contribution < 1.29 is 9.21 Å². The summed E-state index contributed by atoms with van der Waals surface area (Å²) in [7, 11) is 0. The number of rotatable bonds is 5. The number of furan rings is 1. The van der Waals surface area contributed by atoms with Crippen LogP contribution in [-0.4, -0.2) is 5.91 Å². The second-order valence-electron chi connectivity index (χ2n) is 5.91. The summed E-state index contributed by atoms with van der Waals surface area (Å²) in [6.45, 7) is 4.30. The molecule has 3 nitrogen and oxygen atoms in total. The summed E-state index contributed by atoms with van der Waals surface area (Å²) in [6, 6.07) is 21.7. The van der Waals surface area contributed by atoms with Gasteiger partial charge in [-0.25, -0.2) is 0 Å². The molecule has 0 aliphatic rings. The van der Waals surface area contributed by atoms with Gasteiger partial charge in [0.2, 0.25) is 5.91 Å². The number of aryl methyl sites for hydroxylation is 2. The van der Waals surface area contributed by atoms with Crippen LogP contribution in [0.25, 0.3) is 0 Å². The van der Waals surface area contributed by atoms with E-state index in [1.54, 1.807) is 0 Å². The molecule has 1 N–H and O–H groups in total. The topological polar surface area (TPSA) is 42.2 Å². The molecule has 0 fully saturated rings. The molecule has 1 heterocycles. The Morgan fingerprint density at radius 1 is 0.958 bits per heavy atom. The van der Waals surface area contributed by atoms with Gasteiger partial charge in [0.15, 0.2) is 0 Å². The first-order valence-corrected chi connectivity index (χ1v) is 8.08. The van der Waals surface area contributed by atoms with Gasteiger partial charge in [-0.2, -0.15) is 0 Å². The van der Waals surface area contributed by atoms with Crippen molar-refractivity contribution in [3.8, 4) is 0 Å². The molecular weight excluding hydrogens is 298 g/mol. The summed E-state index contributed by atoms with van der Waals surface area (Å²) in [5, 5.41) is 3.05. The number of carbonyl (C=O) groups is 1. The van der Waals surface area contributed by atoms with Crippen LogP contribution in [0.15, 0.2) is 71.1 Å². The van der Waals surface area contributed by atoms with Gasteiger partial charge in [-0.05, 0) is 31.0 Å². The van der Waals surface area contributed by atoms with Crippen LogP contribution < -0.4 is 5.32 Å². The standard InChI is InChI=1S/C21H21NO2/c1-15-13-19(16(2)24-15)14-22-21(23)20(17-9-5-3-6-10-17)18-11-7-4-8-12-18/h3-13,20H,14H2,1-2H3,(H,22,23). The van der Waals surface area contributed by atoms with E-state index in [2.05, 4.69) is 5.32 Å². The molecule has 24 heavy (non-hydrogen) atoms. The lowest BCUT2D eigenvalue weighted by atomic mass is 9.90. The second-order valence-corrected chi connectivity index (χ2v) is 5.91. The van der Waals surface area contributed by atoms with E-state index in [1.807, 2.05) is 80.6 Å². The smallest absolute Gasteiger partial charge is 0.232 e. The zero-order chi connectivity index (χ0) is 16.9. The van der Waals surface area contributed by atoms with Crippen molar-refractivity contribution in [3.63, 3.8) is 0 Å². The summed E-state index contributed by atoms with van der Waals surface area (Å²) in [5.74, 6) is 1.38. The van der Waals surface area contributed by atoms with E-state index in [0.29, 0.717) is 6.54 Å². The first-order valence-electron chi connectivity index (χ1n) is 8.08. The van der Waals surface area contributed by atoms with Crippen molar-refractivity contribution in [2.24, 2.45) is 0 Å². The minimum atomic E-state index is -0.319. The van der Waals surface area contributed by atoms with Gasteiger partial charge in [0.1, 0.15) is 11.5 Å². The van der Waals surface area contributed by atoms with Crippen LogP contribution in [0.5, 0.6) is 0 Å². The van der Waals surface area contributed by atoms with Crippen LogP contribution in [-0.2, 0) is 11.3 Å². The summed E-state index contributed by atoms with van der Waals surface area (Å²) >= 11 is 0. The first kappa shape index (κ1) is 16.1. The van der Waals surface area contributed by atoms with Gasteiger partial charge < -0.3 is 9.73 Å². The number of hydrogen-bond acceptors (Lipinski definition) is 2. The Morgan fingerprint density at radius 3 is 1.96 bits per heavy atom. The molecule has 122 valence electrons. The zero-order valence-electron chi connectivity index (χ0n) is 14.0. The highest BCUT2D eigenvalue weighted by molar-refractivity contribution is 5.87. The molecule has 0 unspecified atom stereocenters. The number of hydrogen-bond donors (Lipinski definition) is 1. The van der Waals surface area contributed by atoms with Crippen molar-refractivity contribution in [1.82, 2.24) is 5.32 Å². The van der Waals surface area contributed by atoms with Crippen LogP contribution >= 0.6 is 0 Å². The monoisotopic (exact) mass is 319 g/mol. The largest absolute Gasteiger partial charge is 0.466 e. The molecule has 3 aromatic rings. The third-order valence-corrected chi connectivity index (χ3v) is 4.12. The van der Waals surface area contributed by atoms with Crippen LogP contribution in [0.3, 0.4) is 0 Å². The zero-order valence-corrected chi connectivity index (χ0v) is 14.0. The third kappa shape index (κ3) is 3.57. The van der Waals surface area contributed by atoms with Crippen LogP contribution in [0.4, 0.5) is 0 Å². The number of amides is 1. The maximum Gasteiger partial charge on any atom is 0.232 e. The Kier molecular flexibility index (Phi) is 4.80. The Bertz CT molecular complexity index is 767. The van der Waals surface area contributed by atoms with E-state index in [0.717, 1.165) is 28.2 Å². The van der Waals surface area contributed by atoms with Crippen molar-refractivity contribution in [3.05, 3.63) is 94.9 Å². The van der Waals surface area contributed by atoms with Gasteiger partial charge >= 0.3 is 0 Å². The molecule has 0 saturated carbocycles. The van der Waals surface area contributed by atoms with E-state index in [9.17, 15) is 4.79 Å². The lowest BCUT2D eigenvalue weighted by Crippen LogP contribution is -2.29. The quantitative estimate of drug-likeness (QED) is 0.760. The van der Waals surface area contributed by atoms with Gasteiger partial charge in [0.05, 0.1) is 5.92 Å². The predicted octanol–water partition coefficient (Wildman–Crippen LogP) is 4.34. The van der Waals surface area contributed by atoms with Crippen molar-refractivity contribution >= 4 is 5.91 Å². The maximum atomic E-state index is 12.9. The maximum absolute atomic E-state index is 12.9. The second kappa shape index (κ2) is 7.18. The minimum Gasteiger partial charge on any atom is -0.466 e. The summed E-state index contributed by atoms with van der Waals surface area (Å²) in [5.41, 5.74) is 2.99. The highest BCUT2D eigenvalue weighted by Gasteiger charge is 2.22. The molecule has 1 aromatic heterocycles. The normalized spacial score (nSPS) is 10.8. The fourth-order valence-corrected chi connectivity index (χ4v) is 2.93. The molecule has 1 amide bonds. The molecule has 3 heteroatoms. The fraction of sp³-hybridized carbons (Fsp3) is 0.190. The molecule has 3 rings (SSSR count). The molecule has 0 spiro atoms. The molecular formula is C21H21NO2. The highest BCUT2D eigenvalue weighted by Crippen LogP contribution is 2.25. The lowest BCUT2D eigenvalue weighted by molar-refractivity contribution is -0.121. The van der Waals surface area contributed by atoms with Gasteiger partial charge in [-0.1, -0.05) is 60.7 Å². The Hall–Kier alpha value is -2.81. The van der Waals surface area contributed by atoms with Crippen molar-refractivity contribution in [2.45, 2.75) is 26.3 Å². The molecule has 0 aliphatic carbocycles. The molecule has 0 atom stereocenters. The summed E-state index contributed by atoms with van der Waals surface area (Å²) in [4.78, 5) is 12.9. The number of nitrogens with one attached hydrogen (secondary N) is 1. The predicted molar refractivity (Wildman–Crippen MR) is 94.8 cm³/mol. The van der Waals surface area contributed by atoms with E-state index in [-0.39, 0.29) is 11.8 Å². The molecule has 0 aliphatic heterocycles. The number of carbonyl (C=O) groups excluding carboxylic acids is 1. The average Bonchev–Trinajstić information content (AvgIpc) is 2.93. The van der Waals surface area contributed by atoms with E-state index >= 15 is 0 Å². The van der Waals surface area contributed by atoms with Crippen molar-refractivity contribution in [2.75, 3.05) is 0 Å². The Morgan fingerprint density at radius 2 is 1.50 bits per heavy atom. The molecule has 0 radical (unpaired) electrons. The van der Waals surface area contributed by atoms with E-state index in [1.165, 1.54) is 0 Å². The highest BCUT2D eigenvalue weighted by atomic mass is 16.3. The van der Waals surface area contributed by atoms with E-state index < -0.39 is 0 Å². The van der Waals surface area contributed by atoms with Crippen LogP contribution in [0.1, 0.15) is 34.1 Å². The molecule has 0 saturated heterocycles. The summed E-state index contributed by atoms with van der Waals surface area (Å²) < 4.78 is 5.53. The molecule has 2 aromatic carbocycles. The van der Waals surface area contributed by atoms with Gasteiger partial charge in [0, 0.05) is 12.1 Å². The van der Waals surface area contributed by atoms with Crippen molar-refractivity contribution in [1.29, 1.82) is 0 Å². The first-order chi connectivity index (χ1) is 11.6. The fourth-order valence-electron chi connectivity index (χ4n) is 2.93. The Balaban J connectivity index is 1.83. The average molecular weight is 319 g/mol. The minimum absolute atomic E-state index is 0.00865. The van der Waals surface area contributed by atoms with Gasteiger partial charge in [-0.3, -0.25) is 4.79 Å². The van der Waals surface area contributed by atoms with Crippen LogP contribution in [0.2, 0.25) is 0 Å². The lowest BCUT2D eigenvalue weighted by Gasteiger charge is -2.17.